The quantitative estimate of drug-likeness (QED) is 0.606. The fourth-order valence-corrected chi connectivity index (χ4v) is 3.96. The van der Waals surface area contributed by atoms with Crippen LogP contribution in [0.4, 0.5) is 11.4 Å². The van der Waals surface area contributed by atoms with E-state index in [0.29, 0.717) is 30.1 Å². The first-order valence-corrected chi connectivity index (χ1v) is 10.6. The number of rotatable bonds is 7. The molecule has 7 nitrogen and oxygen atoms in total. The van der Waals surface area contributed by atoms with Gasteiger partial charge in [0.2, 0.25) is 0 Å². The number of aromatic carboxylic acids is 1. The van der Waals surface area contributed by atoms with Gasteiger partial charge >= 0.3 is 5.97 Å². The van der Waals surface area contributed by atoms with Crippen molar-refractivity contribution in [2.75, 3.05) is 49.2 Å². The van der Waals surface area contributed by atoms with E-state index in [2.05, 4.69) is 28.6 Å². The molecule has 1 aliphatic rings. The molecule has 0 bridgehead atoms. The molecular weight excluding hydrogens is 394 g/mol. The third kappa shape index (κ3) is 4.27. The highest BCUT2D eigenvalue weighted by atomic mass is 16.5. The van der Waals surface area contributed by atoms with Crippen molar-refractivity contribution < 1.29 is 19.4 Å². The van der Waals surface area contributed by atoms with Crippen LogP contribution in [-0.4, -0.2) is 55.5 Å². The lowest BCUT2D eigenvalue weighted by atomic mass is 10.1. The molecule has 0 amide bonds. The normalized spacial score (nSPS) is 13.9. The average molecular weight is 421 g/mol. The first-order valence-electron chi connectivity index (χ1n) is 10.6. The minimum Gasteiger partial charge on any atom is -0.477 e. The number of ether oxygens (including phenoxy) is 2. The fourth-order valence-electron chi connectivity index (χ4n) is 3.96. The Balaban J connectivity index is 1.80. The highest BCUT2D eigenvalue weighted by Gasteiger charge is 2.21. The van der Waals surface area contributed by atoms with Gasteiger partial charge in [-0.1, -0.05) is 12.1 Å². The zero-order valence-electron chi connectivity index (χ0n) is 17.9. The molecule has 3 aromatic rings. The van der Waals surface area contributed by atoms with Crippen LogP contribution in [0.1, 0.15) is 24.2 Å². The van der Waals surface area contributed by atoms with E-state index in [0.717, 1.165) is 43.1 Å². The number of fused-ring (bicyclic) bond motifs is 1. The van der Waals surface area contributed by atoms with Gasteiger partial charge in [0.05, 0.1) is 24.4 Å². The zero-order chi connectivity index (χ0) is 21.8. The number of benzene rings is 2. The van der Waals surface area contributed by atoms with Gasteiger partial charge in [-0.15, -0.1) is 0 Å². The summed E-state index contributed by atoms with van der Waals surface area (Å²) in [6.07, 6.45) is 1.39. The minimum absolute atomic E-state index is 0.0415. The third-order valence-electron chi connectivity index (χ3n) is 5.58. The molecule has 162 valence electrons. The summed E-state index contributed by atoms with van der Waals surface area (Å²) in [7, 11) is 0. The molecule has 1 saturated heterocycles. The molecule has 0 spiro atoms. The van der Waals surface area contributed by atoms with E-state index >= 15 is 0 Å². The second-order valence-corrected chi connectivity index (χ2v) is 7.35. The van der Waals surface area contributed by atoms with Crippen molar-refractivity contribution in [3.8, 4) is 11.5 Å². The Morgan fingerprint density at radius 3 is 2.61 bits per heavy atom. The van der Waals surface area contributed by atoms with Crippen LogP contribution in [0.5, 0.6) is 11.5 Å². The fraction of sp³-hybridized carbons (Fsp3) is 0.333. The van der Waals surface area contributed by atoms with Gasteiger partial charge in [0, 0.05) is 49.5 Å². The summed E-state index contributed by atoms with van der Waals surface area (Å²) in [5.74, 6) is -0.165. The standard InChI is InChI=1S/C24H27N3O4/c1-3-26(4-2)17-7-5-8-18(15-17)31-23-19-9-6-10-21(27-11-13-30-14-12-27)22(19)25-16-20(23)24(28)29/h5-10,15-16H,3-4,11-14H2,1-2H3,(H,28,29). The number of morpholine rings is 1. The molecule has 1 fully saturated rings. The zero-order valence-corrected chi connectivity index (χ0v) is 17.9. The number of pyridine rings is 1. The lowest BCUT2D eigenvalue weighted by Gasteiger charge is -2.29. The van der Waals surface area contributed by atoms with Crippen molar-refractivity contribution in [3.63, 3.8) is 0 Å². The number of nitrogens with zero attached hydrogens (tertiary/aromatic N) is 3. The molecule has 0 saturated carbocycles. The molecule has 0 radical (unpaired) electrons. The lowest BCUT2D eigenvalue weighted by Crippen LogP contribution is -2.36. The van der Waals surface area contributed by atoms with E-state index in [-0.39, 0.29) is 5.56 Å². The first-order chi connectivity index (χ1) is 15.1. The first kappa shape index (κ1) is 20.9. The topological polar surface area (TPSA) is 75.1 Å². The number of hydrogen-bond acceptors (Lipinski definition) is 6. The Labute approximate surface area is 181 Å². The van der Waals surface area contributed by atoms with E-state index in [4.69, 9.17) is 9.47 Å². The summed E-state index contributed by atoms with van der Waals surface area (Å²) in [4.78, 5) is 20.9. The highest BCUT2D eigenvalue weighted by Crippen LogP contribution is 2.37. The van der Waals surface area contributed by atoms with Gasteiger partial charge in [0.1, 0.15) is 11.3 Å². The molecule has 31 heavy (non-hydrogen) atoms. The van der Waals surface area contributed by atoms with E-state index in [1.165, 1.54) is 6.20 Å². The van der Waals surface area contributed by atoms with E-state index in [1.807, 2.05) is 42.5 Å². The Morgan fingerprint density at radius 1 is 1.16 bits per heavy atom. The molecule has 4 rings (SSSR count). The summed E-state index contributed by atoms with van der Waals surface area (Å²) < 4.78 is 11.7. The second kappa shape index (κ2) is 9.22. The minimum atomic E-state index is -1.07. The number of anilines is 2. The predicted octanol–water partition coefficient (Wildman–Crippen LogP) is 4.41. The monoisotopic (exact) mass is 421 g/mol. The predicted molar refractivity (Wildman–Crippen MR) is 122 cm³/mol. The number of carbonyl (C=O) groups is 1. The molecule has 0 unspecified atom stereocenters. The number of hydrogen-bond donors (Lipinski definition) is 1. The summed E-state index contributed by atoms with van der Waals surface area (Å²) in [6.45, 7) is 8.80. The van der Waals surface area contributed by atoms with Gasteiger partial charge in [-0.2, -0.15) is 0 Å². The molecule has 7 heteroatoms. The Hall–Kier alpha value is -3.32. The number of para-hydroxylation sites is 1. The molecule has 1 aliphatic heterocycles. The number of carboxylic acid groups (broad SMARTS) is 1. The van der Waals surface area contributed by atoms with E-state index < -0.39 is 5.97 Å². The van der Waals surface area contributed by atoms with Crippen LogP contribution in [0.15, 0.2) is 48.7 Å². The highest BCUT2D eigenvalue weighted by molar-refractivity contribution is 6.02. The maximum absolute atomic E-state index is 12.0. The van der Waals surface area contributed by atoms with E-state index in [1.54, 1.807) is 0 Å². The molecule has 2 heterocycles. The van der Waals surface area contributed by atoms with Gasteiger partial charge in [0.25, 0.3) is 0 Å². The van der Waals surface area contributed by atoms with Crippen molar-refractivity contribution >= 4 is 28.2 Å². The van der Waals surface area contributed by atoms with Gasteiger partial charge in [-0.25, -0.2) is 4.79 Å². The lowest BCUT2D eigenvalue weighted by molar-refractivity contribution is 0.0694. The third-order valence-corrected chi connectivity index (χ3v) is 5.58. The number of carboxylic acids is 1. The Bertz CT molecular complexity index is 1080. The summed E-state index contributed by atoms with van der Waals surface area (Å²) >= 11 is 0. The van der Waals surface area contributed by atoms with Crippen molar-refractivity contribution in [1.82, 2.24) is 4.98 Å². The van der Waals surface area contributed by atoms with Crippen molar-refractivity contribution in [1.29, 1.82) is 0 Å². The molecule has 0 aliphatic carbocycles. The van der Waals surface area contributed by atoms with Crippen molar-refractivity contribution in [2.24, 2.45) is 0 Å². The van der Waals surface area contributed by atoms with Gasteiger partial charge < -0.3 is 24.4 Å². The van der Waals surface area contributed by atoms with Crippen LogP contribution in [0.2, 0.25) is 0 Å². The van der Waals surface area contributed by atoms with E-state index in [9.17, 15) is 9.90 Å². The van der Waals surface area contributed by atoms with Crippen LogP contribution in [0, 0.1) is 0 Å². The number of aromatic nitrogens is 1. The van der Waals surface area contributed by atoms with Crippen LogP contribution < -0.4 is 14.5 Å². The smallest absolute Gasteiger partial charge is 0.341 e. The summed E-state index contributed by atoms with van der Waals surface area (Å²) in [5, 5.41) is 10.5. The molecule has 0 atom stereocenters. The molecule has 1 N–H and O–H groups in total. The largest absolute Gasteiger partial charge is 0.477 e. The van der Waals surface area contributed by atoms with Crippen molar-refractivity contribution in [2.45, 2.75) is 13.8 Å². The van der Waals surface area contributed by atoms with Gasteiger partial charge in [-0.3, -0.25) is 4.98 Å². The molecule has 1 aromatic heterocycles. The van der Waals surface area contributed by atoms with Gasteiger partial charge in [0.15, 0.2) is 5.75 Å². The van der Waals surface area contributed by atoms with Crippen LogP contribution in [0.25, 0.3) is 10.9 Å². The second-order valence-electron chi connectivity index (χ2n) is 7.35. The van der Waals surface area contributed by atoms with Crippen LogP contribution >= 0.6 is 0 Å². The summed E-state index contributed by atoms with van der Waals surface area (Å²) in [5.41, 5.74) is 2.76. The molecule has 2 aromatic carbocycles. The maximum atomic E-state index is 12.0. The average Bonchev–Trinajstić information content (AvgIpc) is 2.80. The van der Waals surface area contributed by atoms with Crippen LogP contribution in [-0.2, 0) is 4.74 Å². The van der Waals surface area contributed by atoms with Gasteiger partial charge in [-0.05, 0) is 38.1 Å². The Morgan fingerprint density at radius 2 is 1.90 bits per heavy atom. The SMILES string of the molecule is CCN(CC)c1cccc(Oc2c(C(=O)O)cnc3c(N4CCOCC4)cccc23)c1. The Kier molecular flexibility index (Phi) is 6.23. The van der Waals surface area contributed by atoms with Crippen molar-refractivity contribution in [3.05, 3.63) is 54.2 Å². The summed E-state index contributed by atoms with van der Waals surface area (Å²) in [6, 6.07) is 13.5. The van der Waals surface area contributed by atoms with Crippen LogP contribution in [0.3, 0.4) is 0 Å². The maximum Gasteiger partial charge on any atom is 0.341 e. The molecular formula is C24H27N3O4.